The summed E-state index contributed by atoms with van der Waals surface area (Å²) in [4.78, 5) is 0. The summed E-state index contributed by atoms with van der Waals surface area (Å²) in [6, 6.07) is 0. The molecule has 0 saturated carbocycles. The van der Waals surface area contributed by atoms with Gasteiger partial charge in [0, 0.05) is 0 Å². The van der Waals surface area contributed by atoms with Gasteiger partial charge >= 0.3 is 0 Å². The van der Waals surface area contributed by atoms with Crippen LogP contribution >= 0.6 is 0 Å². The van der Waals surface area contributed by atoms with Crippen LogP contribution < -0.4 is 0 Å². The van der Waals surface area contributed by atoms with Crippen LogP contribution in [0, 0.1) is 35.5 Å². The van der Waals surface area contributed by atoms with Crippen LogP contribution in [-0.4, -0.2) is 12.2 Å². The number of rotatable bonds is 18. The first-order chi connectivity index (χ1) is 15.8. The first kappa shape index (κ1) is 30.7. The quantitative estimate of drug-likeness (QED) is 0.145. The molecule has 1 heteroatoms. The predicted octanol–water partition coefficient (Wildman–Crippen LogP) is 10.6. The van der Waals surface area contributed by atoms with Gasteiger partial charge in [-0.2, -0.15) is 0 Å². The maximum atomic E-state index is 6.48. The first-order valence-corrected chi connectivity index (χ1v) is 15.2. The minimum atomic E-state index is 0.294. The number of unbranched alkanes of at least 4 members (excludes halogenated alkanes) is 11. The highest BCUT2D eigenvalue weighted by Gasteiger charge is 2.37. The second-order valence-electron chi connectivity index (χ2n) is 11.9. The van der Waals surface area contributed by atoms with Gasteiger partial charge < -0.3 is 4.74 Å². The number of ether oxygens (including phenoxy) is 1. The van der Waals surface area contributed by atoms with E-state index in [9.17, 15) is 0 Å². The molecule has 1 rings (SSSR count). The molecule has 33 heavy (non-hydrogen) atoms. The fourth-order valence-electron chi connectivity index (χ4n) is 5.80. The summed E-state index contributed by atoms with van der Waals surface area (Å²) in [7, 11) is 0. The van der Waals surface area contributed by atoms with Gasteiger partial charge in [0.05, 0.1) is 12.2 Å². The monoisotopic (exact) mass is 462 g/mol. The van der Waals surface area contributed by atoms with Crippen LogP contribution in [0.1, 0.15) is 145 Å². The third kappa shape index (κ3) is 11.8. The van der Waals surface area contributed by atoms with Crippen molar-refractivity contribution in [3.8, 4) is 0 Å². The third-order valence-corrected chi connectivity index (χ3v) is 9.34. The summed E-state index contributed by atoms with van der Waals surface area (Å²) in [6.07, 6.45) is 25.4. The van der Waals surface area contributed by atoms with Crippen LogP contribution in [-0.2, 0) is 4.74 Å². The van der Waals surface area contributed by atoms with E-state index in [-0.39, 0.29) is 0 Å². The molecule has 1 aliphatic rings. The van der Waals surface area contributed by atoms with Gasteiger partial charge in [0.2, 0.25) is 0 Å². The predicted molar refractivity (Wildman–Crippen MR) is 149 cm³/mol. The fourth-order valence-corrected chi connectivity index (χ4v) is 5.80. The minimum Gasteiger partial charge on any atom is -0.370 e. The van der Waals surface area contributed by atoms with E-state index in [0.29, 0.717) is 30.0 Å². The van der Waals surface area contributed by atoms with Crippen molar-refractivity contribution >= 4 is 0 Å². The van der Waals surface area contributed by atoms with Crippen LogP contribution in [0.5, 0.6) is 0 Å². The van der Waals surface area contributed by atoms with Crippen molar-refractivity contribution in [1.29, 1.82) is 0 Å². The third-order valence-electron chi connectivity index (χ3n) is 9.34. The van der Waals surface area contributed by atoms with Gasteiger partial charge in [-0.15, -0.1) is 0 Å². The smallest absolute Gasteiger partial charge is 0.0787 e. The topological polar surface area (TPSA) is 9.23 Å². The highest BCUT2D eigenvalue weighted by Crippen LogP contribution is 2.37. The van der Waals surface area contributed by atoms with Crippen molar-refractivity contribution in [1.82, 2.24) is 0 Å². The Kier molecular flexibility index (Phi) is 16.8. The maximum absolute atomic E-state index is 6.48. The molecular formula is C32H62O. The first-order valence-electron chi connectivity index (χ1n) is 15.2. The Labute approximate surface area is 209 Å². The largest absolute Gasteiger partial charge is 0.370 e. The van der Waals surface area contributed by atoms with E-state index in [2.05, 4.69) is 67.5 Å². The Balaban J connectivity index is 2.19. The zero-order valence-corrected chi connectivity index (χ0v) is 24.1. The Morgan fingerprint density at radius 2 is 1.18 bits per heavy atom. The highest BCUT2D eigenvalue weighted by molar-refractivity contribution is 5.00. The lowest BCUT2D eigenvalue weighted by Gasteiger charge is -2.43. The Bertz CT molecular complexity index is 481. The molecule has 0 aromatic heterocycles. The zero-order chi connectivity index (χ0) is 24.6. The molecular weight excluding hydrogens is 400 g/mol. The number of hydrogen-bond acceptors (Lipinski definition) is 1. The molecule has 0 bridgehead atoms. The summed E-state index contributed by atoms with van der Waals surface area (Å²) < 4.78 is 6.48. The standard InChI is InChI=1S/C32H62O/c1-9-11-12-13-14-15-16-17-18-19-20-21-22-25(3)27(5)26(4)23-24-32-30(8)28(6)29(7)31(10-2)33-32/h23-32H,9-22H2,1-8H3/b24-23+/t25-,26+,27-,28+,29-,30?,31?,32-/m1/s1. The lowest BCUT2D eigenvalue weighted by atomic mass is 9.75. The van der Waals surface area contributed by atoms with Crippen molar-refractivity contribution in [2.24, 2.45) is 35.5 Å². The SMILES string of the molecule is CCCCCCCCCCCCCC[C@@H](C)[C@@H](C)[C@@H](C)/C=C/[C@H]1OC(CC)[C@H](C)[C@H](C)C1C. The van der Waals surface area contributed by atoms with Gasteiger partial charge in [0.25, 0.3) is 0 Å². The maximum Gasteiger partial charge on any atom is 0.0787 e. The second-order valence-corrected chi connectivity index (χ2v) is 11.9. The summed E-state index contributed by atoms with van der Waals surface area (Å²) in [5.41, 5.74) is 0. The summed E-state index contributed by atoms with van der Waals surface area (Å²) in [6.45, 7) is 19.1. The molecule has 1 aliphatic heterocycles. The van der Waals surface area contributed by atoms with Gasteiger partial charge in [0.15, 0.2) is 0 Å². The minimum absolute atomic E-state index is 0.294. The molecule has 0 spiro atoms. The van der Waals surface area contributed by atoms with E-state index >= 15 is 0 Å². The molecule has 0 amide bonds. The molecule has 1 heterocycles. The van der Waals surface area contributed by atoms with Crippen molar-refractivity contribution in [2.45, 2.75) is 157 Å². The molecule has 0 aliphatic carbocycles. The van der Waals surface area contributed by atoms with E-state index in [1.54, 1.807) is 0 Å². The lowest BCUT2D eigenvalue weighted by Crippen LogP contribution is -2.43. The van der Waals surface area contributed by atoms with E-state index in [4.69, 9.17) is 4.74 Å². The average molecular weight is 463 g/mol. The fraction of sp³-hybridized carbons (Fsp3) is 0.938. The molecule has 0 aromatic carbocycles. The Hall–Kier alpha value is -0.300. The summed E-state index contributed by atoms with van der Waals surface area (Å²) in [5.74, 6) is 4.19. The molecule has 196 valence electrons. The number of allylic oxidation sites excluding steroid dienone is 1. The van der Waals surface area contributed by atoms with Crippen molar-refractivity contribution in [3.05, 3.63) is 12.2 Å². The molecule has 0 aromatic rings. The molecule has 1 nitrogen and oxygen atoms in total. The van der Waals surface area contributed by atoms with Crippen LogP contribution in [0.4, 0.5) is 0 Å². The van der Waals surface area contributed by atoms with Gasteiger partial charge in [-0.1, -0.05) is 151 Å². The summed E-state index contributed by atoms with van der Waals surface area (Å²) >= 11 is 0. The van der Waals surface area contributed by atoms with Crippen molar-refractivity contribution < 1.29 is 4.74 Å². The molecule has 0 radical (unpaired) electrons. The molecule has 2 unspecified atom stereocenters. The average Bonchev–Trinajstić information content (AvgIpc) is 2.82. The lowest BCUT2D eigenvalue weighted by molar-refractivity contribution is -0.113. The molecule has 1 saturated heterocycles. The second kappa shape index (κ2) is 18.0. The molecule has 1 fully saturated rings. The van der Waals surface area contributed by atoms with E-state index in [0.717, 1.165) is 24.2 Å². The van der Waals surface area contributed by atoms with Gasteiger partial charge in [-0.25, -0.2) is 0 Å². The Morgan fingerprint density at radius 1 is 0.667 bits per heavy atom. The normalized spacial score (nSPS) is 28.8. The molecule has 8 atom stereocenters. The van der Waals surface area contributed by atoms with Crippen LogP contribution in [0.2, 0.25) is 0 Å². The number of hydrogen-bond donors (Lipinski definition) is 0. The van der Waals surface area contributed by atoms with Gasteiger partial charge in [0.1, 0.15) is 0 Å². The van der Waals surface area contributed by atoms with Crippen molar-refractivity contribution in [3.63, 3.8) is 0 Å². The van der Waals surface area contributed by atoms with Crippen molar-refractivity contribution in [2.75, 3.05) is 0 Å². The highest BCUT2D eigenvalue weighted by atomic mass is 16.5. The Morgan fingerprint density at radius 3 is 1.70 bits per heavy atom. The summed E-state index contributed by atoms with van der Waals surface area (Å²) in [5, 5.41) is 0. The van der Waals surface area contributed by atoms with Gasteiger partial charge in [-0.3, -0.25) is 0 Å². The van der Waals surface area contributed by atoms with Crippen LogP contribution in [0.3, 0.4) is 0 Å². The van der Waals surface area contributed by atoms with E-state index in [1.807, 2.05) is 0 Å². The van der Waals surface area contributed by atoms with Crippen LogP contribution in [0.15, 0.2) is 12.2 Å². The molecule has 0 N–H and O–H groups in total. The van der Waals surface area contributed by atoms with E-state index < -0.39 is 0 Å². The van der Waals surface area contributed by atoms with E-state index in [1.165, 1.54) is 83.5 Å². The van der Waals surface area contributed by atoms with Crippen LogP contribution in [0.25, 0.3) is 0 Å². The van der Waals surface area contributed by atoms with Gasteiger partial charge in [-0.05, 0) is 41.9 Å². The zero-order valence-electron chi connectivity index (χ0n) is 24.1.